The minimum atomic E-state index is -4.37. The van der Waals surface area contributed by atoms with Crippen molar-refractivity contribution in [1.82, 2.24) is 0 Å². The predicted octanol–water partition coefficient (Wildman–Crippen LogP) is 4.67. The summed E-state index contributed by atoms with van der Waals surface area (Å²) in [6.07, 6.45) is -2.86. The van der Waals surface area contributed by atoms with Crippen molar-refractivity contribution in [3.63, 3.8) is 0 Å². The summed E-state index contributed by atoms with van der Waals surface area (Å²) in [5, 5.41) is 2.87. The lowest BCUT2D eigenvalue weighted by molar-refractivity contribution is -0.138. The summed E-state index contributed by atoms with van der Waals surface area (Å²) in [7, 11) is 0. The number of benzene rings is 1. The molecular weight excluding hydrogens is 311 g/mol. The number of hydrogen-bond acceptors (Lipinski definition) is 2. The Morgan fingerprint density at radius 3 is 2.61 bits per heavy atom. The number of furan rings is 1. The number of rotatable bonds is 3. The molecule has 0 aliphatic carbocycles. The zero-order valence-electron chi connectivity index (χ0n) is 9.09. The van der Waals surface area contributed by atoms with Crippen molar-refractivity contribution in [2.45, 2.75) is 12.7 Å². The summed E-state index contributed by atoms with van der Waals surface area (Å²) >= 11 is 2.89. The number of hydrogen-bond donors (Lipinski definition) is 1. The largest absolute Gasteiger partial charge is 0.467 e. The molecule has 18 heavy (non-hydrogen) atoms. The van der Waals surface area contributed by atoms with Gasteiger partial charge < -0.3 is 9.73 Å². The second kappa shape index (κ2) is 5.06. The van der Waals surface area contributed by atoms with Gasteiger partial charge in [-0.15, -0.1) is 0 Å². The smallest absolute Gasteiger partial charge is 0.417 e. The normalized spacial score (nSPS) is 11.6. The highest BCUT2D eigenvalue weighted by Crippen LogP contribution is 2.36. The van der Waals surface area contributed by atoms with Crippen molar-refractivity contribution in [3.8, 4) is 0 Å². The first-order valence-corrected chi connectivity index (χ1v) is 5.89. The van der Waals surface area contributed by atoms with Crippen LogP contribution in [-0.4, -0.2) is 0 Å². The number of anilines is 1. The van der Waals surface area contributed by atoms with E-state index >= 15 is 0 Å². The molecule has 2 nitrogen and oxygen atoms in total. The Kier molecular flexibility index (Phi) is 3.65. The fourth-order valence-electron chi connectivity index (χ4n) is 1.45. The van der Waals surface area contributed by atoms with Crippen LogP contribution in [-0.2, 0) is 12.7 Å². The van der Waals surface area contributed by atoms with Crippen molar-refractivity contribution in [2.24, 2.45) is 0 Å². The van der Waals surface area contributed by atoms with Gasteiger partial charge in [-0.05, 0) is 30.3 Å². The molecule has 0 amide bonds. The highest BCUT2D eigenvalue weighted by molar-refractivity contribution is 9.10. The maximum absolute atomic E-state index is 12.7. The molecule has 0 saturated heterocycles. The molecular formula is C12H9BrF3NO. The standard InChI is InChI=1S/C12H9BrF3NO/c13-11-4-3-8(6-10(11)12(14,15)16)17-7-9-2-1-5-18-9/h1-6,17H,7H2. The van der Waals surface area contributed by atoms with Crippen LogP contribution in [0.15, 0.2) is 45.5 Å². The zero-order chi connectivity index (χ0) is 13.2. The van der Waals surface area contributed by atoms with Gasteiger partial charge in [0.1, 0.15) is 5.76 Å². The molecule has 0 fully saturated rings. The van der Waals surface area contributed by atoms with E-state index < -0.39 is 11.7 Å². The van der Waals surface area contributed by atoms with Crippen LogP contribution in [0.3, 0.4) is 0 Å². The Bertz CT molecular complexity index is 523. The summed E-state index contributed by atoms with van der Waals surface area (Å²) in [6.45, 7) is 0.339. The average molecular weight is 320 g/mol. The van der Waals surface area contributed by atoms with Crippen LogP contribution in [0.5, 0.6) is 0 Å². The lowest BCUT2D eigenvalue weighted by atomic mass is 10.2. The molecule has 1 N–H and O–H groups in total. The van der Waals surface area contributed by atoms with Crippen LogP contribution < -0.4 is 5.32 Å². The molecule has 6 heteroatoms. The van der Waals surface area contributed by atoms with Gasteiger partial charge in [-0.3, -0.25) is 0 Å². The van der Waals surface area contributed by atoms with Crippen molar-refractivity contribution in [1.29, 1.82) is 0 Å². The van der Waals surface area contributed by atoms with E-state index in [0.29, 0.717) is 18.0 Å². The Labute approximate surface area is 110 Å². The van der Waals surface area contributed by atoms with Crippen molar-refractivity contribution in [2.75, 3.05) is 5.32 Å². The quantitative estimate of drug-likeness (QED) is 0.889. The number of alkyl halides is 3. The third-order valence-corrected chi connectivity index (χ3v) is 3.01. The van der Waals surface area contributed by atoms with E-state index in [4.69, 9.17) is 4.42 Å². The molecule has 0 radical (unpaired) electrons. The number of halogens is 4. The van der Waals surface area contributed by atoms with Gasteiger partial charge in [0.15, 0.2) is 0 Å². The molecule has 1 heterocycles. The molecule has 0 spiro atoms. The van der Waals surface area contributed by atoms with Crippen molar-refractivity contribution in [3.05, 3.63) is 52.4 Å². The first-order valence-electron chi connectivity index (χ1n) is 5.10. The molecule has 0 aliphatic rings. The summed E-state index contributed by atoms with van der Waals surface area (Å²) in [5.41, 5.74) is -0.311. The molecule has 0 unspecified atom stereocenters. The van der Waals surface area contributed by atoms with E-state index in [1.165, 1.54) is 12.3 Å². The van der Waals surface area contributed by atoms with Gasteiger partial charge in [-0.2, -0.15) is 13.2 Å². The highest BCUT2D eigenvalue weighted by atomic mass is 79.9. The third kappa shape index (κ3) is 3.07. The fourth-order valence-corrected chi connectivity index (χ4v) is 1.93. The lowest BCUT2D eigenvalue weighted by Gasteiger charge is -2.12. The molecule has 0 atom stereocenters. The van der Waals surface area contributed by atoms with Gasteiger partial charge in [-0.25, -0.2) is 0 Å². The lowest BCUT2D eigenvalue weighted by Crippen LogP contribution is -2.07. The van der Waals surface area contributed by atoms with Gasteiger partial charge in [0.05, 0.1) is 18.4 Å². The molecule has 1 aromatic carbocycles. The molecule has 2 rings (SSSR count). The molecule has 0 saturated carbocycles. The summed E-state index contributed by atoms with van der Waals surface area (Å²) in [5.74, 6) is 0.659. The van der Waals surface area contributed by atoms with Crippen molar-refractivity contribution < 1.29 is 17.6 Å². The summed E-state index contributed by atoms with van der Waals surface area (Å²) in [4.78, 5) is 0. The minimum absolute atomic E-state index is 0.0264. The average Bonchev–Trinajstić information content (AvgIpc) is 2.79. The van der Waals surface area contributed by atoms with E-state index in [-0.39, 0.29) is 4.47 Å². The van der Waals surface area contributed by atoms with Crippen LogP contribution in [0.2, 0.25) is 0 Å². The van der Waals surface area contributed by atoms with Gasteiger partial charge >= 0.3 is 6.18 Å². The SMILES string of the molecule is FC(F)(F)c1cc(NCc2ccco2)ccc1Br. The van der Waals surface area contributed by atoms with E-state index in [1.54, 1.807) is 18.2 Å². The van der Waals surface area contributed by atoms with Crippen LogP contribution in [0.1, 0.15) is 11.3 Å². The molecule has 1 aromatic heterocycles. The monoisotopic (exact) mass is 319 g/mol. The fraction of sp³-hybridized carbons (Fsp3) is 0.167. The first-order chi connectivity index (χ1) is 8.47. The van der Waals surface area contributed by atoms with Crippen molar-refractivity contribution >= 4 is 21.6 Å². The van der Waals surface area contributed by atoms with E-state index in [9.17, 15) is 13.2 Å². The van der Waals surface area contributed by atoms with E-state index in [2.05, 4.69) is 21.2 Å². The summed E-state index contributed by atoms with van der Waals surface area (Å²) in [6, 6.07) is 7.47. The highest BCUT2D eigenvalue weighted by Gasteiger charge is 2.33. The van der Waals surface area contributed by atoms with Crippen LogP contribution in [0, 0.1) is 0 Å². The maximum atomic E-state index is 12.7. The second-order valence-electron chi connectivity index (χ2n) is 3.63. The molecule has 0 aliphatic heterocycles. The summed E-state index contributed by atoms with van der Waals surface area (Å²) < 4.78 is 43.1. The minimum Gasteiger partial charge on any atom is -0.467 e. The van der Waals surface area contributed by atoms with Gasteiger partial charge in [0, 0.05) is 10.2 Å². The number of nitrogens with one attached hydrogen (secondary N) is 1. The van der Waals surface area contributed by atoms with Crippen LogP contribution >= 0.6 is 15.9 Å². The topological polar surface area (TPSA) is 25.2 Å². The first kappa shape index (κ1) is 13.0. The molecule has 96 valence electrons. The Hall–Kier alpha value is -1.43. The zero-order valence-corrected chi connectivity index (χ0v) is 10.7. The molecule has 0 bridgehead atoms. The Morgan fingerprint density at radius 2 is 2.00 bits per heavy atom. The van der Waals surface area contributed by atoms with E-state index in [0.717, 1.165) is 6.07 Å². The van der Waals surface area contributed by atoms with Gasteiger partial charge in [0.25, 0.3) is 0 Å². The van der Waals surface area contributed by atoms with Crippen LogP contribution in [0.25, 0.3) is 0 Å². The van der Waals surface area contributed by atoms with Gasteiger partial charge in [-0.1, -0.05) is 15.9 Å². The van der Waals surface area contributed by atoms with E-state index in [1.807, 2.05) is 0 Å². The third-order valence-electron chi connectivity index (χ3n) is 2.32. The molecule has 2 aromatic rings. The predicted molar refractivity (Wildman–Crippen MR) is 65.2 cm³/mol. The van der Waals surface area contributed by atoms with Gasteiger partial charge in [0.2, 0.25) is 0 Å². The Balaban J connectivity index is 2.15. The Morgan fingerprint density at radius 1 is 1.22 bits per heavy atom. The van der Waals surface area contributed by atoms with Crippen LogP contribution in [0.4, 0.5) is 18.9 Å². The second-order valence-corrected chi connectivity index (χ2v) is 4.48. The maximum Gasteiger partial charge on any atom is 0.417 e.